The molecule has 0 amide bonds. The van der Waals surface area contributed by atoms with Crippen LogP contribution >= 0.6 is 0 Å². The van der Waals surface area contributed by atoms with Gasteiger partial charge in [-0.05, 0) is 19.9 Å². The van der Waals surface area contributed by atoms with Crippen molar-refractivity contribution in [2.45, 2.75) is 19.4 Å². The molecule has 0 saturated heterocycles. The average molecular weight is 164 g/mol. The zero-order valence-electron chi connectivity index (χ0n) is 7.24. The van der Waals surface area contributed by atoms with Gasteiger partial charge in [0.15, 0.2) is 5.43 Å². The third-order valence-corrected chi connectivity index (χ3v) is 1.66. The lowest BCUT2D eigenvalue weighted by Gasteiger charge is -2.14. The SMILES string of the molecule is CC(C)(O)c1cccccc1=O. The number of hydrogen-bond acceptors (Lipinski definition) is 2. The van der Waals surface area contributed by atoms with Crippen LogP contribution in [0.2, 0.25) is 0 Å². The van der Waals surface area contributed by atoms with Crippen molar-refractivity contribution in [1.82, 2.24) is 0 Å². The van der Waals surface area contributed by atoms with Crippen LogP contribution in [0.1, 0.15) is 19.4 Å². The molecule has 64 valence electrons. The maximum atomic E-state index is 11.3. The van der Waals surface area contributed by atoms with Crippen molar-refractivity contribution in [2.75, 3.05) is 0 Å². The summed E-state index contributed by atoms with van der Waals surface area (Å²) in [4.78, 5) is 11.3. The molecule has 0 heterocycles. The molecule has 2 nitrogen and oxygen atoms in total. The van der Waals surface area contributed by atoms with Crippen LogP contribution in [0, 0.1) is 0 Å². The topological polar surface area (TPSA) is 37.3 Å². The Morgan fingerprint density at radius 3 is 2.33 bits per heavy atom. The smallest absolute Gasteiger partial charge is 0.184 e. The van der Waals surface area contributed by atoms with Crippen LogP contribution in [-0.4, -0.2) is 5.11 Å². The highest BCUT2D eigenvalue weighted by atomic mass is 16.3. The van der Waals surface area contributed by atoms with Crippen LogP contribution in [0.4, 0.5) is 0 Å². The molecule has 12 heavy (non-hydrogen) atoms. The van der Waals surface area contributed by atoms with Gasteiger partial charge in [-0.1, -0.05) is 24.3 Å². The van der Waals surface area contributed by atoms with Crippen LogP contribution in [0.3, 0.4) is 0 Å². The molecule has 1 aromatic carbocycles. The molecule has 1 N–H and O–H groups in total. The molecule has 0 atom stereocenters. The molecular weight excluding hydrogens is 152 g/mol. The fraction of sp³-hybridized carbons (Fsp3) is 0.300. The number of rotatable bonds is 1. The molecule has 0 radical (unpaired) electrons. The Morgan fingerprint density at radius 1 is 1.17 bits per heavy atom. The monoisotopic (exact) mass is 164 g/mol. The van der Waals surface area contributed by atoms with Crippen LogP contribution in [0.15, 0.2) is 35.1 Å². The standard InChI is InChI=1S/C10H12O2/c1-10(2,12)8-6-4-3-5-7-9(8)11/h3-7,12H,1-2H3. The van der Waals surface area contributed by atoms with Gasteiger partial charge >= 0.3 is 0 Å². The lowest BCUT2D eigenvalue weighted by Crippen LogP contribution is -2.23. The zero-order chi connectivity index (χ0) is 9.19. The first-order valence-electron chi connectivity index (χ1n) is 3.84. The van der Waals surface area contributed by atoms with E-state index in [-0.39, 0.29) is 5.43 Å². The van der Waals surface area contributed by atoms with E-state index in [1.165, 1.54) is 6.07 Å². The van der Waals surface area contributed by atoms with E-state index in [2.05, 4.69) is 0 Å². The first-order chi connectivity index (χ1) is 5.52. The molecule has 0 aliphatic rings. The molecule has 0 aromatic heterocycles. The maximum absolute atomic E-state index is 11.3. The van der Waals surface area contributed by atoms with Crippen molar-refractivity contribution < 1.29 is 5.11 Å². The van der Waals surface area contributed by atoms with Gasteiger partial charge in [-0.25, -0.2) is 0 Å². The summed E-state index contributed by atoms with van der Waals surface area (Å²) >= 11 is 0. The van der Waals surface area contributed by atoms with E-state index >= 15 is 0 Å². The fourth-order valence-corrected chi connectivity index (χ4v) is 1.04. The van der Waals surface area contributed by atoms with Crippen molar-refractivity contribution in [3.05, 3.63) is 46.1 Å². The highest BCUT2D eigenvalue weighted by Crippen LogP contribution is 2.13. The number of hydrogen-bond donors (Lipinski definition) is 1. The van der Waals surface area contributed by atoms with Gasteiger partial charge in [0, 0.05) is 5.56 Å². The van der Waals surface area contributed by atoms with E-state index in [9.17, 15) is 9.90 Å². The van der Waals surface area contributed by atoms with Crippen molar-refractivity contribution >= 4 is 0 Å². The Hall–Kier alpha value is -1.15. The van der Waals surface area contributed by atoms with Gasteiger partial charge in [-0.2, -0.15) is 0 Å². The molecule has 0 fully saturated rings. The molecule has 0 saturated carbocycles. The Balaban J connectivity index is 3.38. The predicted octanol–water partition coefficient (Wildman–Crippen LogP) is 1.27. The molecule has 0 unspecified atom stereocenters. The summed E-state index contributed by atoms with van der Waals surface area (Å²) in [6, 6.07) is 8.26. The van der Waals surface area contributed by atoms with E-state index in [0.717, 1.165) is 0 Å². The number of aliphatic hydroxyl groups is 1. The van der Waals surface area contributed by atoms with Gasteiger partial charge in [-0.3, -0.25) is 4.79 Å². The highest BCUT2D eigenvalue weighted by Gasteiger charge is 2.17. The summed E-state index contributed by atoms with van der Waals surface area (Å²) in [7, 11) is 0. The molecule has 2 heteroatoms. The van der Waals surface area contributed by atoms with Crippen LogP contribution < -0.4 is 5.43 Å². The van der Waals surface area contributed by atoms with Crippen LogP contribution in [0.25, 0.3) is 0 Å². The average Bonchev–Trinajstić information content (AvgIpc) is 2.11. The lowest BCUT2D eigenvalue weighted by molar-refractivity contribution is 0.0776. The van der Waals surface area contributed by atoms with E-state index in [1.54, 1.807) is 38.1 Å². The zero-order valence-corrected chi connectivity index (χ0v) is 7.24. The quantitative estimate of drug-likeness (QED) is 0.678. The Labute approximate surface area is 71.5 Å². The molecule has 1 aromatic rings. The van der Waals surface area contributed by atoms with Crippen molar-refractivity contribution in [1.29, 1.82) is 0 Å². The summed E-state index contributed by atoms with van der Waals surface area (Å²) in [6.45, 7) is 3.20. The maximum Gasteiger partial charge on any atom is 0.184 e. The third kappa shape index (κ3) is 1.92. The first-order valence-corrected chi connectivity index (χ1v) is 3.84. The largest absolute Gasteiger partial charge is 0.386 e. The Kier molecular flexibility index (Phi) is 2.29. The second kappa shape index (κ2) is 3.07. The van der Waals surface area contributed by atoms with E-state index in [1.807, 2.05) is 0 Å². The molecule has 0 aliphatic heterocycles. The summed E-state index contributed by atoms with van der Waals surface area (Å²) < 4.78 is 0. The van der Waals surface area contributed by atoms with Gasteiger partial charge in [0.1, 0.15) is 0 Å². The minimum absolute atomic E-state index is 0.132. The molecule has 0 spiro atoms. The third-order valence-electron chi connectivity index (χ3n) is 1.66. The summed E-state index contributed by atoms with van der Waals surface area (Å²) in [5.74, 6) is 0. The minimum Gasteiger partial charge on any atom is -0.386 e. The van der Waals surface area contributed by atoms with E-state index < -0.39 is 5.60 Å². The summed E-state index contributed by atoms with van der Waals surface area (Å²) in [5.41, 5.74) is -0.768. The van der Waals surface area contributed by atoms with Crippen molar-refractivity contribution in [2.24, 2.45) is 0 Å². The minimum atomic E-state index is -1.06. The molecule has 1 rings (SSSR count). The van der Waals surface area contributed by atoms with Gasteiger partial charge in [-0.15, -0.1) is 0 Å². The van der Waals surface area contributed by atoms with Crippen LogP contribution in [0.5, 0.6) is 0 Å². The van der Waals surface area contributed by atoms with Gasteiger partial charge in [0.2, 0.25) is 0 Å². The second-order valence-corrected chi connectivity index (χ2v) is 3.25. The van der Waals surface area contributed by atoms with E-state index in [4.69, 9.17) is 0 Å². The van der Waals surface area contributed by atoms with Crippen LogP contribution in [-0.2, 0) is 5.60 Å². The Morgan fingerprint density at radius 2 is 1.75 bits per heavy atom. The highest BCUT2D eigenvalue weighted by molar-refractivity contribution is 5.19. The van der Waals surface area contributed by atoms with Gasteiger partial charge < -0.3 is 5.11 Å². The fourth-order valence-electron chi connectivity index (χ4n) is 1.04. The Bertz CT molecular complexity index is 323. The molecular formula is C10H12O2. The second-order valence-electron chi connectivity index (χ2n) is 3.25. The van der Waals surface area contributed by atoms with Gasteiger partial charge in [0.05, 0.1) is 5.60 Å². The van der Waals surface area contributed by atoms with Crippen molar-refractivity contribution in [3.63, 3.8) is 0 Å². The van der Waals surface area contributed by atoms with E-state index in [0.29, 0.717) is 5.56 Å². The summed E-state index contributed by atoms with van der Waals surface area (Å²) in [5, 5.41) is 9.58. The lowest BCUT2D eigenvalue weighted by atomic mass is 10.0. The molecule has 0 aliphatic carbocycles. The predicted molar refractivity (Wildman–Crippen MR) is 48.0 cm³/mol. The normalized spacial score (nSPS) is 11.2. The first kappa shape index (κ1) is 8.94. The van der Waals surface area contributed by atoms with Crippen molar-refractivity contribution in [3.8, 4) is 0 Å². The summed E-state index contributed by atoms with van der Waals surface area (Å²) in [6.07, 6.45) is 0. The molecule has 0 bridgehead atoms. The van der Waals surface area contributed by atoms with Gasteiger partial charge in [0.25, 0.3) is 0 Å².